The Morgan fingerprint density at radius 2 is 2.31 bits per heavy atom. The number of amidine groups is 1. The second kappa shape index (κ2) is 4.58. The largest absolute Gasteiger partial charge is 0.384 e. The fourth-order valence-electron chi connectivity index (χ4n) is 1.11. The first-order chi connectivity index (χ1) is 7.66. The van der Waals surface area contributed by atoms with Crippen molar-refractivity contribution >= 4 is 28.9 Å². The van der Waals surface area contributed by atoms with E-state index in [1.54, 1.807) is 11.6 Å². The quantitative estimate of drug-likeness (QED) is 0.640. The minimum absolute atomic E-state index is 0.0134. The summed E-state index contributed by atoms with van der Waals surface area (Å²) in [6.45, 7) is 1.90. The first-order valence-corrected chi connectivity index (χ1v) is 6.12. The topological polar surface area (TPSA) is 88.5 Å². The van der Waals surface area contributed by atoms with Crippen molar-refractivity contribution in [2.45, 2.75) is 16.3 Å². The van der Waals surface area contributed by atoms with E-state index in [9.17, 15) is 0 Å². The Morgan fingerprint density at radius 3 is 2.94 bits per heavy atom. The van der Waals surface area contributed by atoms with E-state index in [4.69, 9.17) is 11.1 Å². The highest BCUT2D eigenvalue weighted by molar-refractivity contribution is 8.01. The molecule has 0 saturated carbocycles. The number of nitrogen functional groups attached to an aromatic ring is 1. The van der Waals surface area contributed by atoms with Gasteiger partial charge in [0.05, 0.1) is 0 Å². The minimum atomic E-state index is 0.0134. The van der Waals surface area contributed by atoms with Gasteiger partial charge in [0.1, 0.15) is 16.4 Å². The SMILES string of the molecule is Cc1ccc(C(=N)N)c(Sc2nncs2)n1. The number of aryl methyl sites for hydroxylation is 1. The lowest BCUT2D eigenvalue weighted by atomic mass is 10.2. The Kier molecular flexibility index (Phi) is 3.16. The monoisotopic (exact) mass is 251 g/mol. The van der Waals surface area contributed by atoms with Gasteiger partial charge in [-0.05, 0) is 30.8 Å². The standard InChI is InChI=1S/C9H9N5S2/c1-5-2-3-6(7(10)11)8(13-5)16-9-14-12-4-15-9/h2-4H,1H3,(H3,10,11). The molecule has 0 aliphatic rings. The van der Waals surface area contributed by atoms with Crippen molar-refractivity contribution < 1.29 is 0 Å². The van der Waals surface area contributed by atoms with Crippen molar-refractivity contribution in [3.63, 3.8) is 0 Å². The van der Waals surface area contributed by atoms with Crippen LogP contribution in [-0.4, -0.2) is 21.0 Å². The van der Waals surface area contributed by atoms with Gasteiger partial charge in [-0.25, -0.2) is 4.98 Å². The molecule has 0 bridgehead atoms. The number of rotatable bonds is 3. The van der Waals surface area contributed by atoms with E-state index in [0.29, 0.717) is 10.6 Å². The highest BCUT2D eigenvalue weighted by Gasteiger charge is 2.10. The number of nitrogens with zero attached hydrogens (tertiary/aromatic N) is 3. The average molecular weight is 251 g/mol. The summed E-state index contributed by atoms with van der Waals surface area (Å²) in [6.07, 6.45) is 0. The third kappa shape index (κ3) is 2.37. The summed E-state index contributed by atoms with van der Waals surface area (Å²) in [6, 6.07) is 3.63. The Morgan fingerprint density at radius 1 is 1.50 bits per heavy atom. The molecule has 3 N–H and O–H groups in total. The van der Waals surface area contributed by atoms with E-state index in [-0.39, 0.29) is 5.84 Å². The number of nitrogens with two attached hydrogens (primary N) is 1. The van der Waals surface area contributed by atoms with Crippen molar-refractivity contribution in [2.24, 2.45) is 5.73 Å². The molecule has 0 fully saturated rings. The zero-order valence-corrected chi connectivity index (χ0v) is 10.1. The van der Waals surface area contributed by atoms with Crippen LogP contribution in [0.4, 0.5) is 0 Å². The third-order valence-electron chi connectivity index (χ3n) is 1.81. The van der Waals surface area contributed by atoms with Crippen LogP contribution in [-0.2, 0) is 0 Å². The van der Waals surface area contributed by atoms with Crippen molar-refractivity contribution in [1.82, 2.24) is 15.2 Å². The van der Waals surface area contributed by atoms with E-state index in [1.807, 2.05) is 13.0 Å². The summed E-state index contributed by atoms with van der Waals surface area (Å²) in [5.41, 5.74) is 8.67. The zero-order chi connectivity index (χ0) is 11.5. The Balaban J connectivity index is 2.38. The van der Waals surface area contributed by atoms with Gasteiger partial charge in [0.15, 0.2) is 4.34 Å². The summed E-state index contributed by atoms with van der Waals surface area (Å²) in [5.74, 6) is 0.0134. The molecule has 0 spiro atoms. The molecule has 5 nitrogen and oxygen atoms in total. The van der Waals surface area contributed by atoms with Gasteiger partial charge in [0.25, 0.3) is 0 Å². The molecule has 2 rings (SSSR count). The lowest BCUT2D eigenvalue weighted by Gasteiger charge is -2.05. The fourth-order valence-corrected chi connectivity index (χ4v) is 2.67. The van der Waals surface area contributed by atoms with Gasteiger partial charge in [0, 0.05) is 11.3 Å². The van der Waals surface area contributed by atoms with E-state index in [2.05, 4.69) is 15.2 Å². The van der Waals surface area contributed by atoms with Crippen molar-refractivity contribution in [2.75, 3.05) is 0 Å². The molecular weight excluding hydrogens is 242 g/mol. The number of nitrogens with one attached hydrogen (secondary N) is 1. The Hall–Kier alpha value is -1.47. The normalized spacial score (nSPS) is 10.3. The number of hydrogen-bond acceptors (Lipinski definition) is 6. The molecule has 0 aromatic carbocycles. The third-order valence-corrected chi connectivity index (χ3v) is 3.60. The van der Waals surface area contributed by atoms with Crippen LogP contribution in [0.5, 0.6) is 0 Å². The van der Waals surface area contributed by atoms with Crippen LogP contribution in [0.15, 0.2) is 27.0 Å². The molecule has 2 aromatic rings. The van der Waals surface area contributed by atoms with Crippen LogP contribution >= 0.6 is 23.1 Å². The summed E-state index contributed by atoms with van der Waals surface area (Å²) in [5, 5.41) is 15.8. The summed E-state index contributed by atoms with van der Waals surface area (Å²) >= 11 is 2.81. The van der Waals surface area contributed by atoms with Crippen LogP contribution in [0.25, 0.3) is 0 Å². The van der Waals surface area contributed by atoms with Crippen molar-refractivity contribution in [3.05, 3.63) is 28.9 Å². The highest BCUT2D eigenvalue weighted by atomic mass is 32.2. The predicted octanol–water partition coefficient (Wildman–Crippen LogP) is 1.68. The predicted molar refractivity (Wildman–Crippen MR) is 64.0 cm³/mol. The van der Waals surface area contributed by atoms with Gasteiger partial charge in [-0.1, -0.05) is 11.3 Å². The van der Waals surface area contributed by atoms with Gasteiger partial charge in [-0.2, -0.15) is 0 Å². The number of aromatic nitrogens is 3. The maximum atomic E-state index is 7.47. The average Bonchev–Trinajstić information content (AvgIpc) is 2.70. The molecule has 2 aromatic heterocycles. The van der Waals surface area contributed by atoms with Crippen LogP contribution < -0.4 is 5.73 Å². The lowest BCUT2D eigenvalue weighted by Crippen LogP contribution is -2.13. The van der Waals surface area contributed by atoms with Crippen LogP contribution in [0, 0.1) is 12.3 Å². The van der Waals surface area contributed by atoms with E-state index in [1.165, 1.54) is 23.1 Å². The van der Waals surface area contributed by atoms with Crippen LogP contribution in [0.1, 0.15) is 11.3 Å². The van der Waals surface area contributed by atoms with Gasteiger partial charge in [0.2, 0.25) is 0 Å². The lowest BCUT2D eigenvalue weighted by molar-refractivity contribution is 0.998. The molecule has 0 radical (unpaired) electrons. The molecule has 0 aliphatic carbocycles. The minimum Gasteiger partial charge on any atom is -0.384 e. The van der Waals surface area contributed by atoms with Gasteiger partial charge >= 0.3 is 0 Å². The summed E-state index contributed by atoms with van der Waals surface area (Å²) in [4.78, 5) is 4.35. The van der Waals surface area contributed by atoms with Gasteiger partial charge in [-0.3, -0.25) is 5.41 Å². The molecule has 0 saturated heterocycles. The second-order valence-electron chi connectivity index (χ2n) is 3.03. The van der Waals surface area contributed by atoms with E-state index >= 15 is 0 Å². The molecule has 0 amide bonds. The molecule has 0 aliphatic heterocycles. The Bertz CT molecular complexity index is 509. The molecule has 7 heteroatoms. The molecule has 0 unspecified atom stereocenters. The van der Waals surface area contributed by atoms with Crippen molar-refractivity contribution in [1.29, 1.82) is 5.41 Å². The first kappa shape index (κ1) is 11.0. The molecule has 82 valence electrons. The molecule has 0 atom stereocenters. The first-order valence-electron chi connectivity index (χ1n) is 4.43. The summed E-state index contributed by atoms with van der Waals surface area (Å²) in [7, 11) is 0. The highest BCUT2D eigenvalue weighted by Crippen LogP contribution is 2.29. The maximum absolute atomic E-state index is 7.47. The second-order valence-corrected chi connectivity index (χ2v) is 5.09. The van der Waals surface area contributed by atoms with E-state index < -0.39 is 0 Å². The van der Waals surface area contributed by atoms with E-state index in [0.717, 1.165) is 10.0 Å². The smallest absolute Gasteiger partial charge is 0.180 e. The van der Waals surface area contributed by atoms with Crippen LogP contribution in [0.2, 0.25) is 0 Å². The maximum Gasteiger partial charge on any atom is 0.180 e. The number of pyridine rings is 1. The fraction of sp³-hybridized carbons (Fsp3) is 0.111. The van der Waals surface area contributed by atoms with Gasteiger partial charge < -0.3 is 5.73 Å². The molecule has 2 heterocycles. The molecular formula is C9H9N5S2. The summed E-state index contributed by atoms with van der Waals surface area (Å²) < 4.78 is 0.792. The van der Waals surface area contributed by atoms with Gasteiger partial charge in [-0.15, -0.1) is 10.2 Å². The van der Waals surface area contributed by atoms with Crippen molar-refractivity contribution in [3.8, 4) is 0 Å². The number of hydrogen-bond donors (Lipinski definition) is 2. The zero-order valence-electron chi connectivity index (χ0n) is 8.47. The van der Waals surface area contributed by atoms with Crippen LogP contribution in [0.3, 0.4) is 0 Å². The Labute approximate surface area is 101 Å². The molecule has 16 heavy (non-hydrogen) atoms.